The number of likely N-dealkylation sites (tertiary alicyclic amines) is 1. The van der Waals surface area contributed by atoms with Crippen LogP contribution in [0.4, 0.5) is 4.79 Å². The Morgan fingerprint density at radius 1 is 1.52 bits per heavy atom. The molecule has 1 fully saturated rings. The van der Waals surface area contributed by atoms with E-state index in [0.717, 1.165) is 31.5 Å². The lowest BCUT2D eigenvalue weighted by Crippen LogP contribution is -2.46. The third kappa shape index (κ3) is 5.34. The van der Waals surface area contributed by atoms with Crippen molar-refractivity contribution in [1.29, 1.82) is 0 Å². The maximum Gasteiger partial charge on any atom is 0.317 e. The number of carbonyl (C=O) groups is 2. The molecule has 2 heterocycles. The van der Waals surface area contributed by atoms with Crippen molar-refractivity contribution in [2.24, 2.45) is 5.92 Å². The number of rotatable bonds is 6. The van der Waals surface area contributed by atoms with Gasteiger partial charge in [0.2, 0.25) is 0 Å². The number of carboxylic acid groups (broad SMARTS) is 1. The SMILES string of the molecule is O=C(O)CCC1CCCN(C(=O)NCCc2cscn2)C1. The van der Waals surface area contributed by atoms with Gasteiger partial charge >= 0.3 is 12.0 Å². The number of urea groups is 1. The number of thiazole rings is 1. The summed E-state index contributed by atoms with van der Waals surface area (Å²) >= 11 is 1.55. The number of piperidine rings is 1. The van der Waals surface area contributed by atoms with E-state index >= 15 is 0 Å². The van der Waals surface area contributed by atoms with Crippen LogP contribution in [0.1, 0.15) is 31.4 Å². The minimum Gasteiger partial charge on any atom is -0.481 e. The Hall–Kier alpha value is -1.63. The Bertz CT molecular complexity index is 464. The molecule has 0 saturated carbocycles. The molecule has 7 heteroatoms. The van der Waals surface area contributed by atoms with Gasteiger partial charge in [0.25, 0.3) is 0 Å². The minimum atomic E-state index is -0.764. The number of nitrogens with one attached hydrogen (secondary N) is 1. The van der Waals surface area contributed by atoms with Gasteiger partial charge in [-0.1, -0.05) is 0 Å². The fourth-order valence-corrected chi connectivity index (χ4v) is 3.18. The highest BCUT2D eigenvalue weighted by Gasteiger charge is 2.23. The maximum absolute atomic E-state index is 12.1. The molecule has 1 aliphatic rings. The molecule has 0 radical (unpaired) electrons. The minimum absolute atomic E-state index is 0.0507. The summed E-state index contributed by atoms with van der Waals surface area (Å²) in [6.07, 6.45) is 3.53. The van der Waals surface area contributed by atoms with E-state index in [1.165, 1.54) is 0 Å². The molecule has 1 atom stereocenters. The molecule has 1 saturated heterocycles. The summed E-state index contributed by atoms with van der Waals surface area (Å²) in [5, 5.41) is 13.6. The molecule has 1 aromatic heterocycles. The molecule has 1 aliphatic heterocycles. The third-order valence-electron chi connectivity index (χ3n) is 3.71. The van der Waals surface area contributed by atoms with Crippen LogP contribution in [0.3, 0.4) is 0 Å². The summed E-state index contributed by atoms with van der Waals surface area (Å²) in [6.45, 7) is 2.00. The first-order valence-electron chi connectivity index (χ1n) is 7.27. The van der Waals surface area contributed by atoms with Crippen LogP contribution in [0.25, 0.3) is 0 Å². The summed E-state index contributed by atoms with van der Waals surface area (Å²) in [4.78, 5) is 28.7. The van der Waals surface area contributed by atoms with Crippen molar-refractivity contribution in [3.8, 4) is 0 Å². The first-order chi connectivity index (χ1) is 10.1. The molecule has 0 spiro atoms. The Morgan fingerprint density at radius 3 is 3.10 bits per heavy atom. The van der Waals surface area contributed by atoms with Gasteiger partial charge in [0.05, 0.1) is 11.2 Å². The van der Waals surface area contributed by atoms with Gasteiger partial charge in [0, 0.05) is 37.9 Å². The van der Waals surface area contributed by atoms with Crippen molar-refractivity contribution in [2.45, 2.75) is 32.1 Å². The summed E-state index contributed by atoms with van der Waals surface area (Å²) < 4.78 is 0. The van der Waals surface area contributed by atoms with Gasteiger partial charge in [0.1, 0.15) is 0 Å². The predicted molar refractivity (Wildman–Crippen MR) is 80.4 cm³/mol. The van der Waals surface area contributed by atoms with Gasteiger partial charge in [-0.25, -0.2) is 9.78 Å². The lowest BCUT2D eigenvalue weighted by Gasteiger charge is -2.32. The fourth-order valence-electron chi connectivity index (χ4n) is 2.58. The molecular weight excluding hydrogens is 290 g/mol. The van der Waals surface area contributed by atoms with Crippen LogP contribution < -0.4 is 5.32 Å². The Labute approximate surface area is 128 Å². The number of carbonyl (C=O) groups excluding carboxylic acids is 1. The van der Waals surface area contributed by atoms with Gasteiger partial charge < -0.3 is 15.3 Å². The van der Waals surface area contributed by atoms with Crippen LogP contribution in [-0.4, -0.2) is 46.6 Å². The van der Waals surface area contributed by atoms with Gasteiger partial charge in [-0.15, -0.1) is 11.3 Å². The number of nitrogens with zero attached hydrogens (tertiary/aromatic N) is 2. The Balaban J connectivity index is 1.70. The molecule has 0 bridgehead atoms. The van der Waals surface area contributed by atoms with Crippen molar-refractivity contribution in [3.63, 3.8) is 0 Å². The highest BCUT2D eigenvalue weighted by atomic mass is 32.1. The van der Waals surface area contributed by atoms with E-state index in [9.17, 15) is 9.59 Å². The molecule has 2 amide bonds. The zero-order valence-corrected chi connectivity index (χ0v) is 12.8. The smallest absolute Gasteiger partial charge is 0.317 e. The molecule has 116 valence electrons. The van der Waals surface area contributed by atoms with E-state index in [1.807, 2.05) is 5.38 Å². The van der Waals surface area contributed by atoms with E-state index < -0.39 is 5.97 Å². The normalized spacial score (nSPS) is 18.5. The largest absolute Gasteiger partial charge is 0.481 e. The summed E-state index contributed by atoms with van der Waals surface area (Å²) in [6, 6.07) is -0.0507. The van der Waals surface area contributed by atoms with E-state index in [2.05, 4.69) is 10.3 Å². The van der Waals surface area contributed by atoms with Gasteiger partial charge in [-0.3, -0.25) is 4.79 Å². The van der Waals surface area contributed by atoms with Crippen LogP contribution in [0.15, 0.2) is 10.9 Å². The molecule has 0 aliphatic carbocycles. The van der Waals surface area contributed by atoms with Crippen LogP contribution in [0.2, 0.25) is 0 Å². The monoisotopic (exact) mass is 311 g/mol. The average molecular weight is 311 g/mol. The molecule has 6 nitrogen and oxygen atoms in total. The Kier molecular flexibility index (Phi) is 5.98. The van der Waals surface area contributed by atoms with Crippen molar-refractivity contribution < 1.29 is 14.7 Å². The van der Waals surface area contributed by atoms with E-state index in [0.29, 0.717) is 25.4 Å². The lowest BCUT2D eigenvalue weighted by molar-refractivity contribution is -0.137. The molecule has 2 rings (SSSR count). The van der Waals surface area contributed by atoms with Crippen LogP contribution >= 0.6 is 11.3 Å². The first kappa shape index (κ1) is 15.8. The number of hydrogen-bond acceptors (Lipinski definition) is 4. The topological polar surface area (TPSA) is 82.5 Å². The predicted octanol–water partition coefficient (Wildman–Crippen LogP) is 1.97. The molecular formula is C14H21N3O3S. The van der Waals surface area contributed by atoms with E-state index in [4.69, 9.17) is 5.11 Å². The van der Waals surface area contributed by atoms with Gasteiger partial charge in [-0.2, -0.15) is 0 Å². The maximum atomic E-state index is 12.1. The van der Waals surface area contributed by atoms with E-state index in [1.54, 1.807) is 21.7 Å². The van der Waals surface area contributed by atoms with Crippen LogP contribution in [0, 0.1) is 5.92 Å². The number of hydrogen-bond donors (Lipinski definition) is 2. The van der Waals surface area contributed by atoms with Crippen molar-refractivity contribution in [1.82, 2.24) is 15.2 Å². The van der Waals surface area contributed by atoms with Crippen LogP contribution in [0.5, 0.6) is 0 Å². The standard InChI is InChI=1S/C14H21N3O3S/c18-13(19)4-3-11-2-1-7-17(8-11)14(20)15-6-5-12-9-21-10-16-12/h9-11H,1-8H2,(H,15,20)(H,18,19). The van der Waals surface area contributed by atoms with Crippen molar-refractivity contribution >= 4 is 23.3 Å². The molecule has 1 aromatic rings. The lowest BCUT2D eigenvalue weighted by atomic mass is 9.93. The molecule has 0 aromatic carbocycles. The summed E-state index contributed by atoms with van der Waals surface area (Å²) in [5.74, 6) is -0.459. The number of carboxylic acids is 1. The number of aliphatic carboxylic acids is 1. The zero-order chi connectivity index (χ0) is 15.1. The highest BCUT2D eigenvalue weighted by Crippen LogP contribution is 2.20. The Morgan fingerprint density at radius 2 is 2.38 bits per heavy atom. The molecule has 1 unspecified atom stereocenters. The number of amides is 2. The second-order valence-corrected chi connectivity index (χ2v) is 6.07. The fraction of sp³-hybridized carbons (Fsp3) is 0.643. The van der Waals surface area contributed by atoms with Crippen molar-refractivity contribution in [2.75, 3.05) is 19.6 Å². The first-order valence-corrected chi connectivity index (χ1v) is 8.21. The van der Waals surface area contributed by atoms with Crippen LogP contribution in [-0.2, 0) is 11.2 Å². The average Bonchev–Trinajstić information content (AvgIpc) is 2.98. The van der Waals surface area contributed by atoms with Gasteiger partial charge in [0.15, 0.2) is 0 Å². The number of aromatic nitrogens is 1. The molecule has 2 N–H and O–H groups in total. The summed E-state index contributed by atoms with van der Waals surface area (Å²) in [7, 11) is 0. The van der Waals surface area contributed by atoms with E-state index in [-0.39, 0.29) is 12.5 Å². The second-order valence-electron chi connectivity index (χ2n) is 5.35. The molecule has 21 heavy (non-hydrogen) atoms. The van der Waals surface area contributed by atoms with Crippen molar-refractivity contribution in [3.05, 3.63) is 16.6 Å². The zero-order valence-electron chi connectivity index (χ0n) is 12.0. The highest BCUT2D eigenvalue weighted by molar-refractivity contribution is 7.07. The third-order valence-corrected chi connectivity index (χ3v) is 4.35. The second kappa shape index (κ2) is 7.97. The van der Waals surface area contributed by atoms with Gasteiger partial charge in [-0.05, 0) is 25.2 Å². The quantitative estimate of drug-likeness (QED) is 0.841. The summed E-state index contributed by atoms with van der Waals surface area (Å²) in [5.41, 5.74) is 2.78.